The third-order valence-corrected chi connectivity index (χ3v) is 5.56. The number of carbonyl (C=O) groups is 1. The molecule has 0 bridgehead atoms. The molecule has 2 aromatic rings. The quantitative estimate of drug-likeness (QED) is 0.848. The number of anilines is 1. The molecule has 136 valence electrons. The number of aromatic carboxylic acids is 1. The number of ether oxygens (including phenoxy) is 1. The van der Waals surface area contributed by atoms with Crippen LogP contribution in [0.1, 0.15) is 45.4 Å². The average Bonchev–Trinajstić information content (AvgIpc) is 3.16. The zero-order valence-corrected chi connectivity index (χ0v) is 14.9. The molecule has 0 unspecified atom stereocenters. The van der Waals surface area contributed by atoms with Crippen molar-refractivity contribution < 1.29 is 14.6 Å². The van der Waals surface area contributed by atoms with Gasteiger partial charge in [-0.3, -0.25) is 0 Å². The van der Waals surface area contributed by atoms with Gasteiger partial charge in [0, 0.05) is 17.2 Å². The topological polar surface area (TPSA) is 85.2 Å². The zero-order chi connectivity index (χ0) is 19.0. The minimum absolute atomic E-state index is 0.0220. The van der Waals surface area contributed by atoms with Gasteiger partial charge in [0.2, 0.25) is 0 Å². The molecule has 0 radical (unpaired) electrons. The van der Waals surface area contributed by atoms with Crippen LogP contribution in [0.4, 0.5) is 5.69 Å². The number of fused-ring (bicyclic) bond motifs is 3. The molecule has 1 N–H and O–H groups in total. The van der Waals surface area contributed by atoms with Gasteiger partial charge in [0.25, 0.3) is 0 Å². The molecule has 0 saturated heterocycles. The van der Waals surface area contributed by atoms with Crippen molar-refractivity contribution in [3.05, 3.63) is 70.8 Å². The lowest BCUT2D eigenvalue weighted by atomic mass is 9.76. The number of hydrogen-bond donors (Lipinski definition) is 1. The molecule has 2 aromatic carbocycles. The highest BCUT2D eigenvalue weighted by Crippen LogP contribution is 2.51. The van der Waals surface area contributed by atoms with Crippen LogP contribution in [0.25, 0.3) is 0 Å². The minimum atomic E-state index is -1.16. The first-order chi connectivity index (χ1) is 13.1. The largest absolute Gasteiger partial charge is 0.545 e. The van der Waals surface area contributed by atoms with E-state index in [9.17, 15) is 9.90 Å². The molecule has 0 saturated carbocycles. The number of carboxylic acids is 1. The van der Waals surface area contributed by atoms with Crippen molar-refractivity contribution in [2.45, 2.75) is 25.3 Å². The third kappa shape index (κ3) is 2.93. The number of nitriles is 1. The predicted octanol–water partition coefficient (Wildman–Crippen LogP) is 3.09. The van der Waals surface area contributed by atoms with Crippen molar-refractivity contribution in [3.8, 4) is 11.8 Å². The van der Waals surface area contributed by atoms with E-state index in [2.05, 4.69) is 17.5 Å². The van der Waals surface area contributed by atoms with Crippen LogP contribution >= 0.6 is 0 Å². The molecular formula is C22H19N2O3-. The second kappa shape index (κ2) is 6.81. The lowest BCUT2D eigenvalue weighted by Gasteiger charge is -2.39. The lowest BCUT2D eigenvalue weighted by Crippen LogP contribution is -2.31. The summed E-state index contributed by atoms with van der Waals surface area (Å²) < 4.78 is 5.34. The maximum Gasteiger partial charge on any atom is 0.174 e. The van der Waals surface area contributed by atoms with Gasteiger partial charge in [0.05, 0.1) is 12.0 Å². The summed E-state index contributed by atoms with van der Waals surface area (Å²) in [5, 5.41) is 23.6. The monoisotopic (exact) mass is 359 g/mol. The highest BCUT2D eigenvalue weighted by atomic mass is 16.5. The third-order valence-electron chi connectivity index (χ3n) is 5.56. The molecule has 0 amide bonds. The fraction of sp³-hybridized carbons (Fsp3) is 0.273. The Labute approximate surface area is 157 Å². The second-order valence-corrected chi connectivity index (χ2v) is 6.98. The summed E-state index contributed by atoms with van der Waals surface area (Å²) in [6.07, 6.45) is 5.39. The molecule has 0 fully saturated rings. The maximum absolute atomic E-state index is 11.4. The highest BCUT2D eigenvalue weighted by molar-refractivity contribution is 5.90. The standard InChI is InChI=1S/C22H20N2O3/c1-13-16(22(25)26)9-10-19-17-3-2-4-18(17)21(24-20(13)19)14-5-7-15(8-6-14)27-12-11-23/h2-3,5-10,17-18,21,24H,4,12H2,1H3,(H,25,26)/p-1/t17-,18-,21+/m0/s1. The predicted molar refractivity (Wildman–Crippen MR) is 99.4 cm³/mol. The molecule has 4 rings (SSSR count). The zero-order valence-electron chi connectivity index (χ0n) is 14.9. The Hall–Kier alpha value is -3.26. The average molecular weight is 359 g/mol. The van der Waals surface area contributed by atoms with E-state index >= 15 is 0 Å². The van der Waals surface area contributed by atoms with Crippen LogP contribution in [0.2, 0.25) is 0 Å². The van der Waals surface area contributed by atoms with E-state index in [4.69, 9.17) is 10.00 Å². The van der Waals surface area contributed by atoms with Crippen molar-refractivity contribution in [1.82, 2.24) is 0 Å². The van der Waals surface area contributed by atoms with Crippen LogP contribution in [0.5, 0.6) is 5.75 Å². The Morgan fingerprint density at radius 3 is 2.78 bits per heavy atom. The number of nitrogens with one attached hydrogen (secondary N) is 1. The van der Waals surface area contributed by atoms with E-state index in [0.717, 1.165) is 23.2 Å². The van der Waals surface area contributed by atoms with E-state index in [-0.39, 0.29) is 24.1 Å². The number of allylic oxidation sites excluding steroid dienone is 2. The number of carbonyl (C=O) groups excluding carboxylic acids is 1. The first-order valence-corrected chi connectivity index (χ1v) is 8.98. The molecule has 27 heavy (non-hydrogen) atoms. The molecule has 0 spiro atoms. The lowest BCUT2D eigenvalue weighted by molar-refractivity contribution is -0.255. The molecule has 5 nitrogen and oxygen atoms in total. The summed E-state index contributed by atoms with van der Waals surface area (Å²) in [4.78, 5) is 11.4. The van der Waals surface area contributed by atoms with Crippen LogP contribution in [0.3, 0.4) is 0 Å². The van der Waals surface area contributed by atoms with Gasteiger partial charge in [-0.25, -0.2) is 0 Å². The van der Waals surface area contributed by atoms with E-state index < -0.39 is 5.97 Å². The van der Waals surface area contributed by atoms with Crippen LogP contribution in [-0.2, 0) is 0 Å². The summed E-state index contributed by atoms with van der Waals surface area (Å²) in [6, 6.07) is 13.3. The fourth-order valence-corrected chi connectivity index (χ4v) is 4.25. The van der Waals surface area contributed by atoms with Crippen molar-refractivity contribution in [2.75, 3.05) is 11.9 Å². The summed E-state index contributed by atoms with van der Waals surface area (Å²) in [7, 11) is 0. The van der Waals surface area contributed by atoms with Gasteiger partial charge < -0.3 is 20.0 Å². The molecular weight excluding hydrogens is 340 g/mol. The van der Waals surface area contributed by atoms with E-state index in [1.807, 2.05) is 43.3 Å². The van der Waals surface area contributed by atoms with Crippen LogP contribution < -0.4 is 15.2 Å². The summed E-state index contributed by atoms with van der Waals surface area (Å²) in [6.45, 7) is 1.85. The summed E-state index contributed by atoms with van der Waals surface area (Å²) >= 11 is 0. The van der Waals surface area contributed by atoms with Gasteiger partial charge in [0.15, 0.2) is 6.61 Å². The smallest absolute Gasteiger partial charge is 0.174 e. The molecule has 0 aromatic heterocycles. The van der Waals surface area contributed by atoms with Crippen molar-refractivity contribution in [2.24, 2.45) is 5.92 Å². The molecule has 1 aliphatic heterocycles. The summed E-state index contributed by atoms with van der Waals surface area (Å²) in [5.41, 5.74) is 4.08. The first-order valence-electron chi connectivity index (χ1n) is 8.98. The highest BCUT2D eigenvalue weighted by Gasteiger charge is 2.38. The Kier molecular flexibility index (Phi) is 4.33. The molecule has 3 atom stereocenters. The minimum Gasteiger partial charge on any atom is -0.545 e. The maximum atomic E-state index is 11.4. The van der Waals surface area contributed by atoms with E-state index in [1.54, 1.807) is 6.07 Å². The molecule has 1 aliphatic carbocycles. The SMILES string of the molecule is Cc1c(C(=O)[O-])ccc2c1N[C@H](c1ccc(OCC#N)cc1)[C@H]1CC=C[C@H]21. The normalized spacial score (nSPS) is 22.3. The van der Waals surface area contributed by atoms with Gasteiger partial charge in [-0.05, 0) is 48.1 Å². The van der Waals surface area contributed by atoms with Gasteiger partial charge in [-0.2, -0.15) is 5.26 Å². The van der Waals surface area contributed by atoms with Gasteiger partial charge in [-0.15, -0.1) is 0 Å². The summed E-state index contributed by atoms with van der Waals surface area (Å²) in [5.74, 6) is 0.136. The number of hydrogen-bond acceptors (Lipinski definition) is 5. The molecule has 2 aliphatic rings. The molecule has 5 heteroatoms. The fourth-order valence-electron chi connectivity index (χ4n) is 4.25. The van der Waals surface area contributed by atoms with Crippen molar-refractivity contribution in [3.63, 3.8) is 0 Å². The van der Waals surface area contributed by atoms with Gasteiger partial charge in [-0.1, -0.05) is 36.4 Å². The Bertz CT molecular complexity index is 957. The number of nitrogens with zero attached hydrogens (tertiary/aromatic N) is 1. The second-order valence-electron chi connectivity index (χ2n) is 6.98. The number of rotatable bonds is 4. The van der Waals surface area contributed by atoms with Crippen molar-refractivity contribution in [1.29, 1.82) is 5.26 Å². The van der Waals surface area contributed by atoms with Crippen LogP contribution in [0.15, 0.2) is 48.6 Å². The van der Waals surface area contributed by atoms with Gasteiger partial charge >= 0.3 is 0 Å². The Morgan fingerprint density at radius 2 is 2.07 bits per heavy atom. The van der Waals surface area contributed by atoms with E-state index in [1.165, 1.54) is 0 Å². The first kappa shape index (κ1) is 17.2. The number of benzene rings is 2. The van der Waals surface area contributed by atoms with Crippen LogP contribution in [-0.4, -0.2) is 12.6 Å². The molecule has 1 heterocycles. The van der Waals surface area contributed by atoms with Crippen molar-refractivity contribution >= 4 is 11.7 Å². The van der Waals surface area contributed by atoms with Gasteiger partial charge in [0.1, 0.15) is 11.8 Å². The Balaban J connectivity index is 1.71. The number of carboxylic acid groups (broad SMARTS) is 1. The van der Waals surface area contributed by atoms with E-state index in [0.29, 0.717) is 17.2 Å². The van der Waals surface area contributed by atoms with Crippen LogP contribution in [0, 0.1) is 24.2 Å². The Morgan fingerprint density at radius 1 is 1.30 bits per heavy atom.